The van der Waals surface area contributed by atoms with E-state index in [0.717, 1.165) is 6.07 Å². The van der Waals surface area contributed by atoms with E-state index in [1.807, 2.05) is 4.90 Å². The SMILES string of the molecule is O=C1CCc2c(OCC3(O)CCN(c4ccc(Cl)cc4F)CC3)cc(F)c(O)c2N1. The van der Waals surface area contributed by atoms with Gasteiger partial charge in [-0.1, -0.05) is 11.6 Å². The lowest BCUT2D eigenvalue weighted by Crippen LogP contribution is -2.48. The molecule has 0 bridgehead atoms. The number of carbonyl (C=O) groups is 1. The van der Waals surface area contributed by atoms with Crippen molar-refractivity contribution in [3.63, 3.8) is 0 Å². The molecular weight excluding hydrogens is 418 g/mol. The van der Waals surface area contributed by atoms with Gasteiger partial charge in [0.15, 0.2) is 11.6 Å². The number of hydrogen-bond acceptors (Lipinski definition) is 5. The van der Waals surface area contributed by atoms with Crippen LogP contribution in [0.5, 0.6) is 11.5 Å². The molecule has 160 valence electrons. The predicted octanol–water partition coefficient (Wildman–Crippen LogP) is 3.62. The molecule has 2 heterocycles. The number of benzene rings is 2. The van der Waals surface area contributed by atoms with Crippen molar-refractivity contribution in [1.82, 2.24) is 0 Å². The molecule has 6 nitrogen and oxygen atoms in total. The number of anilines is 2. The zero-order valence-electron chi connectivity index (χ0n) is 16.1. The number of aliphatic hydroxyl groups is 1. The van der Waals surface area contributed by atoms with Crippen molar-refractivity contribution in [2.75, 3.05) is 29.9 Å². The molecule has 0 radical (unpaired) electrons. The van der Waals surface area contributed by atoms with Crippen LogP contribution in [-0.4, -0.2) is 41.4 Å². The summed E-state index contributed by atoms with van der Waals surface area (Å²) in [5.41, 5.74) is -0.231. The van der Waals surface area contributed by atoms with E-state index in [1.54, 1.807) is 12.1 Å². The van der Waals surface area contributed by atoms with E-state index in [9.17, 15) is 23.8 Å². The third-order valence-corrected chi connectivity index (χ3v) is 5.86. The van der Waals surface area contributed by atoms with Crippen LogP contribution < -0.4 is 15.0 Å². The van der Waals surface area contributed by atoms with Crippen molar-refractivity contribution in [2.45, 2.75) is 31.3 Å². The van der Waals surface area contributed by atoms with E-state index in [4.69, 9.17) is 16.3 Å². The van der Waals surface area contributed by atoms with E-state index >= 15 is 0 Å². The molecule has 0 atom stereocenters. The van der Waals surface area contributed by atoms with Gasteiger partial charge in [-0.3, -0.25) is 4.79 Å². The van der Waals surface area contributed by atoms with Gasteiger partial charge in [-0.2, -0.15) is 0 Å². The Bertz CT molecular complexity index is 993. The summed E-state index contributed by atoms with van der Waals surface area (Å²) in [5, 5.41) is 23.6. The number of nitrogens with one attached hydrogen (secondary N) is 1. The number of aromatic hydroxyl groups is 1. The van der Waals surface area contributed by atoms with Crippen LogP contribution in [-0.2, 0) is 11.2 Å². The average Bonchev–Trinajstić information content (AvgIpc) is 2.71. The normalized spacial score (nSPS) is 18.0. The summed E-state index contributed by atoms with van der Waals surface area (Å²) >= 11 is 5.80. The maximum absolute atomic E-state index is 14.2. The van der Waals surface area contributed by atoms with Crippen LogP contribution in [0.2, 0.25) is 5.02 Å². The number of piperidine rings is 1. The molecule has 1 fully saturated rings. The number of halogens is 3. The standard InChI is InChI=1S/C21H21ClF2N2O4/c22-12-1-3-16(14(23)9-12)26-7-5-21(29,6-8-26)11-30-17-10-15(24)20(28)19-13(17)2-4-18(27)25-19/h1,3,9-10,28-29H,2,4-8,11H2,(H,25,27). The Morgan fingerprint density at radius 1 is 1.17 bits per heavy atom. The fourth-order valence-electron chi connectivity index (χ4n) is 3.87. The number of phenolic OH excluding ortho intramolecular Hbond substituents is 1. The van der Waals surface area contributed by atoms with Crippen LogP contribution in [0.25, 0.3) is 0 Å². The second-order valence-electron chi connectivity index (χ2n) is 7.70. The van der Waals surface area contributed by atoms with Gasteiger partial charge in [0, 0.05) is 36.2 Å². The number of rotatable bonds is 4. The lowest BCUT2D eigenvalue weighted by molar-refractivity contribution is -0.116. The number of ether oxygens (including phenoxy) is 1. The van der Waals surface area contributed by atoms with Gasteiger partial charge in [-0.05, 0) is 37.5 Å². The predicted molar refractivity (Wildman–Crippen MR) is 108 cm³/mol. The summed E-state index contributed by atoms with van der Waals surface area (Å²) in [6.45, 7) is 0.738. The number of phenols is 1. The first-order valence-electron chi connectivity index (χ1n) is 9.65. The van der Waals surface area contributed by atoms with Gasteiger partial charge < -0.3 is 25.2 Å². The van der Waals surface area contributed by atoms with Gasteiger partial charge in [-0.25, -0.2) is 8.78 Å². The van der Waals surface area contributed by atoms with Crippen molar-refractivity contribution in [3.8, 4) is 11.5 Å². The first-order valence-corrected chi connectivity index (χ1v) is 10.0. The van der Waals surface area contributed by atoms with E-state index < -0.39 is 23.0 Å². The quantitative estimate of drug-likeness (QED) is 0.635. The molecule has 2 aromatic rings. The second kappa shape index (κ2) is 7.92. The summed E-state index contributed by atoms with van der Waals surface area (Å²) < 4.78 is 34.0. The fraction of sp³-hybridized carbons (Fsp3) is 0.381. The second-order valence-corrected chi connectivity index (χ2v) is 8.14. The van der Waals surface area contributed by atoms with E-state index in [0.29, 0.717) is 48.6 Å². The molecule has 0 aliphatic carbocycles. The number of hydrogen-bond donors (Lipinski definition) is 3. The Morgan fingerprint density at radius 3 is 2.60 bits per heavy atom. The molecule has 0 aromatic heterocycles. The van der Waals surface area contributed by atoms with Gasteiger partial charge >= 0.3 is 0 Å². The number of fused-ring (bicyclic) bond motifs is 1. The first-order chi connectivity index (χ1) is 14.3. The van der Waals surface area contributed by atoms with Crippen molar-refractivity contribution >= 4 is 28.9 Å². The summed E-state index contributed by atoms with van der Waals surface area (Å²) in [7, 11) is 0. The minimum Gasteiger partial charge on any atom is -0.503 e. The number of carbonyl (C=O) groups excluding carboxylic acids is 1. The Kier molecular flexibility index (Phi) is 5.46. The molecule has 2 aromatic carbocycles. The molecule has 1 amide bonds. The molecule has 30 heavy (non-hydrogen) atoms. The molecule has 4 rings (SSSR count). The summed E-state index contributed by atoms with van der Waals surface area (Å²) in [6, 6.07) is 5.54. The molecule has 3 N–H and O–H groups in total. The topological polar surface area (TPSA) is 82.0 Å². The Hall–Kier alpha value is -2.58. The van der Waals surface area contributed by atoms with Gasteiger partial charge in [0.05, 0.1) is 11.4 Å². The van der Waals surface area contributed by atoms with Crippen molar-refractivity contribution in [1.29, 1.82) is 0 Å². The molecule has 0 unspecified atom stereocenters. The maximum atomic E-state index is 14.2. The largest absolute Gasteiger partial charge is 0.503 e. The zero-order chi connectivity index (χ0) is 21.5. The van der Waals surface area contributed by atoms with Crippen LogP contribution in [0, 0.1) is 11.6 Å². The highest BCUT2D eigenvalue weighted by molar-refractivity contribution is 6.30. The van der Waals surface area contributed by atoms with Crippen molar-refractivity contribution < 1.29 is 28.5 Å². The Morgan fingerprint density at radius 2 is 1.90 bits per heavy atom. The molecule has 2 aliphatic rings. The highest BCUT2D eigenvalue weighted by atomic mass is 35.5. The van der Waals surface area contributed by atoms with Crippen LogP contribution in [0.4, 0.5) is 20.2 Å². The van der Waals surface area contributed by atoms with Gasteiger partial charge in [-0.15, -0.1) is 0 Å². The smallest absolute Gasteiger partial charge is 0.224 e. The number of amides is 1. The third-order valence-electron chi connectivity index (χ3n) is 5.63. The summed E-state index contributed by atoms with van der Waals surface area (Å²) in [4.78, 5) is 13.4. The van der Waals surface area contributed by atoms with Crippen molar-refractivity contribution in [3.05, 3.63) is 46.5 Å². The summed E-state index contributed by atoms with van der Waals surface area (Å²) in [6.07, 6.45) is 1.15. The van der Waals surface area contributed by atoms with Gasteiger partial charge in [0.1, 0.15) is 23.8 Å². The maximum Gasteiger partial charge on any atom is 0.224 e. The first kappa shape index (κ1) is 20.7. The van der Waals surface area contributed by atoms with Crippen LogP contribution in [0.1, 0.15) is 24.8 Å². The zero-order valence-corrected chi connectivity index (χ0v) is 16.8. The van der Waals surface area contributed by atoms with Crippen molar-refractivity contribution in [2.24, 2.45) is 0 Å². The van der Waals surface area contributed by atoms with E-state index in [1.165, 1.54) is 6.07 Å². The van der Waals surface area contributed by atoms with Gasteiger partial charge in [0.2, 0.25) is 5.91 Å². The molecule has 1 saturated heterocycles. The molecule has 0 spiro atoms. The van der Waals surface area contributed by atoms with Crippen LogP contribution in [0.15, 0.2) is 24.3 Å². The number of nitrogens with zero attached hydrogens (tertiary/aromatic N) is 1. The molecule has 0 saturated carbocycles. The van der Waals surface area contributed by atoms with E-state index in [-0.39, 0.29) is 30.4 Å². The highest BCUT2D eigenvalue weighted by Crippen LogP contribution is 2.41. The minimum absolute atomic E-state index is 0.0151. The van der Waals surface area contributed by atoms with E-state index in [2.05, 4.69) is 5.32 Å². The monoisotopic (exact) mass is 438 g/mol. The average molecular weight is 439 g/mol. The van der Waals surface area contributed by atoms with Gasteiger partial charge in [0.25, 0.3) is 0 Å². The Labute approximate surface area is 177 Å². The van der Waals surface area contributed by atoms with Crippen LogP contribution in [0.3, 0.4) is 0 Å². The minimum atomic E-state index is -1.17. The summed E-state index contributed by atoms with van der Waals surface area (Å²) in [5.74, 6) is -2.08. The van der Waals surface area contributed by atoms with Crippen LogP contribution >= 0.6 is 11.6 Å². The molecule has 2 aliphatic heterocycles. The highest BCUT2D eigenvalue weighted by Gasteiger charge is 2.35. The Balaban J connectivity index is 1.44. The molecule has 9 heteroatoms. The third kappa shape index (κ3) is 4.02. The molecular formula is C21H21ClF2N2O4. The lowest BCUT2D eigenvalue weighted by atomic mass is 9.92. The lowest BCUT2D eigenvalue weighted by Gasteiger charge is -2.39. The fourth-order valence-corrected chi connectivity index (χ4v) is 4.02.